The lowest BCUT2D eigenvalue weighted by Crippen LogP contribution is -2.28. The van der Waals surface area contributed by atoms with Gasteiger partial charge < -0.3 is 25.6 Å². The molecule has 2 atom stereocenters. The fourth-order valence-corrected chi connectivity index (χ4v) is 3.74. The normalized spacial score (nSPS) is 12.6. The first kappa shape index (κ1) is 26.7. The minimum atomic E-state index is -0.901. The molecular formula is C27H29N3O5S. The van der Waals surface area contributed by atoms with Crippen LogP contribution in [0, 0.1) is 0 Å². The van der Waals surface area contributed by atoms with Gasteiger partial charge in [0.25, 0.3) is 0 Å². The van der Waals surface area contributed by atoms with E-state index in [0.717, 1.165) is 4.90 Å². The largest absolute Gasteiger partial charge is 0.508 e. The minimum Gasteiger partial charge on any atom is -0.508 e. The highest BCUT2D eigenvalue weighted by Gasteiger charge is 2.26. The third-order valence-electron chi connectivity index (χ3n) is 5.11. The van der Waals surface area contributed by atoms with Crippen LogP contribution >= 0.6 is 11.8 Å². The lowest BCUT2D eigenvalue weighted by molar-refractivity contribution is -0.112. The van der Waals surface area contributed by atoms with Crippen LogP contribution in [-0.2, 0) is 14.3 Å². The minimum absolute atomic E-state index is 0.0687. The first-order valence-corrected chi connectivity index (χ1v) is 12.5. The van der Waals surface area contributed by atoms with Crippen LogP contribution in [0.5, 0.6) is 5.75 Å². The maximum atomic E-state index is 12.8. The highest BCUT2D eigenvalue weighted by atomic mass is 32.2. The van der Waals surface area contributed by atoms with Crippen molar-refractivity contribution in [2.45, 2.75) is 24.0 Å². The van der Waals surface area contributed by atoms with Gasteiger partial charge in [0.05, 0.1) is 11.4 Å². The molecule has 0 unspecified atom stereocenters. The number of thioether (sulfide) groups is 1. The Balaban J connectivity index is 1.79. The predicted octanol–water partition coefficient (Wildman–Crippen LogP) is 5.59. The summed E-state index contributed by atoms with van der Waals surface area (Å²) in [5.41, 5.74) is 7.97. The van der Waals surface area contributed by atoms with E-state index < -0.39 is 24.2 Å². The number of carbonyl (C=O) groups excluding carboxylic acids is 2. The van der Waals surface area contributed by atoms with E-state index in [2.05, 4.69) is 10.6 Å². The average molecular weight is 508 g/mol. The molecule has 0 aliphatic rings. The number of phenolic OH excluding ortho intramolecular Hbond substituents is 1. The second-order valence-corrected chi connectivity index (χ2v) is 8.51. The number of carbonyl (C=O) groups is 2. The molecule has 188 valence electrons. The second-order valence-electron chi connectivity index (χ2n) is 7.63. The molecule has 0 radical (unpaired) electrons. The molecule has 0 fully saturated rings. The number of benzene rings is 3. The van der Waals surface area contributed by atoms with Gasteiger partial charge in [-0.05, 0) is 73.3 Å². The zero-order chi connectivity index (χ0) is 25.9. The van der Waals surface area contributed by atoms with Gasteiger partial charge in [-0.15, -0.1) is 11.8 Å². The van der Waals surface area contributed by atoms with Gasteiger partial charge in [-0.25, -0.2) is 4.79 Å². The molecule has 9 heteroatoms. The summed E-state index contributed by atoms with van der Waals surface area (Å²) in [5.74, 6) is -0.348. The third-order valence-corrected chi connectivity index (χ3v) is 5.85. The Morgan fingerprint density at radius 1 is 1.03 bits per heavy atom. The van der Waals surface area contributed by atoms with E-state index in [0.29, 0.717) is 29.2 Å². The summed E-state index contributed by atoms with van der Waals surface area (Å²) in [7, 11) is 0. The van der Waals surface area contributed by atoms with Crippen molar-refractivity contribution >= 4 is 40.8 Å². The first-order chi connectivity index (χ1) is 17.4. The Morgan fingerprint density at radius 3 is 2.36 bits per heavy atom. The van der Waals surface area contributed by atoms with Crippen LogP contribution in [-0.4, -0.2) is 36.1 Å². The standard InChI is InChI=1S/C27H29N3O5S/c1-3-34-24(16-17-25(32)30-23-7-5-4-6-22(23)28)26(18-8-12-20(31)13-9-18)35-27(33)29-19-10-14-21(36-2)15-11-19/h4-17,24,26,31H,3,28H2,1-2H3,(H,29,33)(H,30,32)/b17-16+/t24-,26-/m0/s1. The fourth-order valence-electron chi connectivity index (χ4n) is 3.33. The summed E-state index contributed by atoms with van der Waals surface area (Å²) in [6, 6.07) is 20.5. The SMILES string of the molecule is CCO[C@@H](/C=C/C(=O)Nc1ccccc1N)[C@@H](OC(=O)Nc1ccc(SC)cc1)c1ccc(O)cc1. The van der Waals surface area contributed by atoms with Crippen LogP contribution in [0.25, 0.3) is 0 Å². The molecule has 3 aromatic rings. The van der Waals surface area contributed by atoms with Crippen LogP contribution in [0.15, 0.2) is 89.8 Å². The zero-order valence-electron chi connectivity index (χ0n) is 20.0. The van der Waals surface area contributed by atoms with E-state index in [4.69, 9.17) is 15.2 Å². The highest BCUT2D eigenvalue weighted by Crippen LogP contribution is 2.28. The van der Waals surface area contributed by atoms with Crippen molar-refractivity contribution in [3.05, 3.63) is 90.5 Å². The van der Waals surface area contributed by atoms with Crippen molar-refractivity contribution in [1.29, 1.82) is 0 Å². The molecular weight excluding hydrogens is 478 g/mol. The summed E-state index contributed by atoms with van der Waals surface area (Å²) < 4.78 is 11.6. The molecule has 0 aliphatic carbocycles. The first-order valence-electron chi connectivity index (χ1n) is 11.3. The van der Waals surface area contributed by atoms with Crippen molar-refractivity contribution in [2.75, 3.05) is 29.2 Å². The Hall–Kier alpha value is -3.95. The van der Waals surface area contributed by atoms with Crippen molar-refractivity contribution in [3.8, 4) is 5.75 Å². The van der Waals surface area contributed by atoms with Crippen LogP contribution in [0.4, 0.5) is 21.9 Å². The molecule has 0 bridgehead atoms. The van der Waals surface area contributed by atoms with Gasteiger partial charge in [0.1, 0.15) is 11.9 Å². The highest BCUT2D eigenvalue weighted by molar-refractivity contribution is 7.98. The summed E-state index contributed by atoms with van der Waals surface area (Å²) >= 11 is 1.60. The molecule has 0 heterocycles. The van der Waals surface area contributed by atoms with Gasteiger partial charge in [0.2, 0.25) is 5.91 Å². The lowest BCUT2D eigenvalue weighted by atomic mass is 10.0. The molecule has 0 aromatic heterocycles. The van der Waals surface area contributed by atoms with Crippen molar-refractivity contribution in [1.82, 2.24) is 0 Å². The average Bonchev–Trinajstić information content (AvgIpc) is 2.88. The number of nitrogens with one attached hydrogen (secondary N) is 2. The summed E-state index contributed by atoms with van der Waals surface area (Å²) in [4.78, 5) is 26.4. The summed E-state index contributed by atoms with van der Waals surface area (Å²) in [6.45, 7) is 2.10. The number of rotatable bonds is 10. The molecule has 5 N–H and O–H groups in total. The van der Waals surface area contributed by atoms with Crippen LogP contribution < -0.4 is 16.4 Å². The maximum absolute atomic E-state index is 12.8. The Labute approximate surface area is 214 Å². The van der Waals surface area contributed by atoms with Crippen LogP contribution in [0.3, 0.4) is 0 Å². The number of anilines is 3. The quantitative estimate of drug-likeness (QED) is 0.160. The van der Waals surface area contributed by atoms with E-state index in [-0.39, 0.29) is 5.75 Å². The number of aromatic hydroxyl groups is 1. The van der Waals surface area contributed by atoms with Gasteiger partial charge in [-0.3, -0.25) is 10.1 Å². The van der Waals surface area contributed by atoms with Gasteiger partial charge >= 0.3 is 6.09 Å². The number of nitrogen functional groups attached to an aromatic ring is 1. The number of amides is 2. The molecule has 8 nitrogen and oxygen atoms in total. The Kier molecular flexibility index (Phi) is 9.79. The fraction of sp³-hybridized carbons (Fsp3) is 0.185. The smallest absolute Gasteiger partial charge is 0.412 e. The van der Waals surface area contributed by atoms with Crippen LogP contribution in [0.1, 0.15) is 18.6 Å². The zero-order valence-corrected chi connectivity index (χ0v) is 20.8. The van der Waals surface area contributed by atoms with E-state index in [1.807, 2.05) is 18.4 Å². The number of para-hydroxylation sites is 2. The molecule has 0 aliphatic heterocycles. The van der Waals surface area contributed by atoms with E-state index in [1.54, 1.807) is 67.2 Å². The van der Waals surface area contributed by atoms with Gasteiger partial charge in [-0.2, -0.15) is 0 Å². The van der Waals surface area contributed by atoms with E-state index in [9.17, 15) is 14.7 Å². The molecule has 3 rings (SSSR count). The number of hydrogen-bond acceptors (Lipinski definition) is 7. The van der Waals surface area contributed by atoms with Crippen molar-refractivity contribution < 1.29 is 24.2 Å². The maximum Gasteiger partial charge on any atom is 0.412 e. The predicted molar refractivity (Wildman–Crippen MR) is 143 cm³/mol. The number of phenols is 1. The van der Waals surface area contributed by atoms with Gasteiger partial charge in [0, 0.05) is 23.3 Å². The molecule has 3 aromatic carbocycles. The van der Waals surface area contributed by atoms with E-state index in [1.165, 1.54) is 24.3 Å². The number of hydrogen-bond donors (Lipinski definition) is 4. The summed E-state index contributed by atoms with van der Waals surface area (Å²) in [5, 5.41) is 15.1. The molecule has 0 saturated heterocycles. The van der Waals surface area contributed by atoms with Crippen molar-refractivity contribution in [2.24, 2.45) is 0 Å². The molecule has 0 spiro atoms. The monoisotopic (exact) mass is 507 g/mol. The van der Waals surface area contributed by atoms with Gasteiger partial charge in [0.15, 0.2) is 6.10 Å². The number of ether oxygens (including phenoxy) is 2. The van der Waals surface area contributed by atoms with Crippen molar-refractivity contribution in [3.63, 3.8) is 0 Å². The van der Waals surface area contributed by atoms with Gasteiger partial charge in [-0.1, -0.05) is 24.3 Å². The Bertz CT molecular complexity index is 1180. The molecule has 2 amide bonds. The number of nitrogens with two attached hydrogens (primary N) is 1. The topological polar surface area (TPSA) is 123 Å². The molecule has 36 heavy (non-hydrogen) atoms. The third kappa shape index (κ3) is 7.79. The summed E-state index contributed by atoms with van der Waals surface area (Å²) in [6.07, 6.45) is 2.42. The van der Waals surface area contributed by atoms with E-state index >= 15 is 0 Å². The van der Waals surface area contributed by atoms with Crippen LogP contribution in [0.2, 0.25) is 0 Å². The second kappa shape index (κ2) is 13.2. The Morgan fingerprint density at radius 2 is 1.72 bits per heavy atom. The molecule has 0 saturated carbocycles. The lowest BCUT2D eigenvalue weighted by Gasteiger charge is -2.25.